The van der Waals surface area contributed by atoms with Gasteiger partial charge in [-0.25, -0.2) is 0 Å². The lowest BCUT2D eigenvalue weighted by molar-refractivity contribution is 0.745. The Balaban J connectivity index is 1.17. The number of para-hydroxylation sites is 1. The number of anilines is 6. The fraction of sp³-hybridized carbons (Fsp3) is 0.0526. The molecule has 2 aliphatic heterocycles. The van der Waals surface area contributed by atoms with Crippen LogP contribution in [0.2, 0.25) is 0 Å². The number of hydrogen-bond acceptors (Lipinski definition) is 2. The number of benzene rings is 9. The SMILES string of the molecule is Cc1cccc(N2c3cc(C)ccc3B3c4ccccc4N(c4ccc(C(c5ccccc5)(c5ccccc5)c5ccccc5)cc4)c4cc(-c5ccccc5)cc2c43)c1. The van der Waals surface area contributed by atoms with Gasteiger partial charge in [-0.1, -0.05) is 176 Å². The zero-order chi connectivity index (χ0) is 40.2. The molecule has 0 bridgehead atoms. The molecule has 0 atom stereocenters. The van der Waals surface area contributed by atoms with Gasteiger partial charge in [0.25, 0.3) is 6.71 Å². The highest BCUT2D eigenvalue weighted by Gasteiger charge is 2.44. The summed E-state index contributed by atoms with van der Waals surface area (Å²) in [6.07, 6.45) is 0. The first-order chi connectivity index (χ1) is 29.6. The maximum Gasteiger partial charge on any atom is 0.252 e. The molecule has 0 aliphatic carbocycles. The van der Waals surface area contributed by atoms with Crippen LogP contribution >= 0.6 is 0 Å². The summed E-state index contributed by atoms with van der Waals surface area (Å²) in [5.74, 6) is 0. The molecule has 2 heterocycles. The highest BCUT2D eigenvalue weighted by atomic mass is 15.2. The van der Waals surface area contributed by atoms with Gasteiger partial charge in [0.15, 0.2) is 0 Å². The molecule has 0 radical (unpaired) electrons. The van der Waals surface area contributed by atoms with Crippen molar-refractivity contribution in [2.24, 2.45) is 0 Å². The summed E-state index contributed by atoms with van der Waals surface area (Å²) < 4.78 is 0. The lowest BCUT2D eigenvalue weighted by Crippen LogP contribution is -2.61. The monoisotopic (exact) mass is 766 g/mol. The molecule has 284 valence electrons. The molecule has 2 nitrogen and oxygen atoms in total. The van der Waals surface area contributed by atoms with Gasteiger partial charge in [0.05, 0.1) is 5.41 Å². The Morgan fingerprint density at radius 2 is 0.833 bits per heavy atom. The van der Waals surface area contributed by atoms with Gasteiger partial charge in [-0.05, 0) is 123 Å². The second-order valence-electron chi connectivity index (χ2n) is 16.3. The van der Waals surface area contributed by atoms with Crippen molar-refractivity contribution in [3.8, 4) is 11.1 Å². The van der Waals surface area contributed by atoms with E-state index in [9.17, 15) is 0 Å². The van der Waals surface area contributed by atoms with E-state index in [1.54, 1.807) is 0 Å². The Labute approximate surface area is 353 Å². The van der Waals surface area contributed by atoms with Crippen LogP contribution in [-0.2, 0) is 5.41 Å². The zero-order valence-corrected chi connectivity index (χ0v) is 33.8. The van der Waals surface area contributed by atoms with Crippen LogP contribution < -0.4 is 26.2 Å². The van der Waals surface area contributed by atoms with Gasteiger partial charge in [-0.3, -0.25) is 0 Å². The molecule has 0 saturated heterocycles. The van der Waals surface area contributed by atoms with Crippen LogP contribution in [0.5, 0.6) is 0 Å². The predicted molar refractivity (Wildman–Crippen MR) is 254 cm³/mol. The van der Waals surface area contributed by atoms with Crippen LogP contribution in [0.3, 0.4) is 0 Å². The Kier molecular flexibility index (Phi) is 8.64. The van der Waals surface area contributed by atoms with Gasteiger partial charge in [0.2, 0.25) is 0 Å². The first-order valence-electron chi connectivity index (χ1n) is 21.0. The smallest absolute Gasteiger partial charge is 0.252 e. The van der Waals surface area contributed by atoms with E-state index in [4.69, 9.17) is 0 Å². The number of rotatable bonds is 7. The maximum atomic E-state index is 2.52. The van der Waals surface area contributed by atoms with E-state index in [0.717, 1.165) is 5.69 Å². The van der Waals surface area contributed by atoms with E-state index < -0.39 is 5.41 Å². The molecule has 0 spiro atoms. The molecule has 9 aromatic carbocycles. The van der Waals surface area contributed by atoms with Gasteiger partial charge in [-0.15, -0.1) is 0 Å². The quantitative estimate of drug-likeness (QED) is 0.118. The molecule has 0 saturated carbocycles. The second kappa shape index (κ2) is 14.5. The number of fused-ring (bicyclic) bond motifs is 4. The summed E-state index contributed by atoms with van der Waals surface area (Å²) >= 11 is 0. The van der Waals surface area contributed by atoms with Crippen LogP contribution in [0.25, 0.3) is 11.1 Å². The Morgan fingerprint density at radius 3 is 1.43 bits per heavy atom. The first-order valence-corrected chi connectivity index (χ1v) is 21.0. The fourth-order valence-electron chi connectivity index (χ4n) is 10.1. The Morgan fingerprint density at radius 1 is 0.333 bits per heavy atom. The average molecular weight is 767 g/mol. The first kappa shape index (κ1) is 35.8. The number of nitrogens with zero attached hydrogens (tertiary/aromatic N) is 2. The highest BCUT2D eigenvalue weighted by molar-refractivity contribution is 7.00. The van der Waals surface area contributed by atoms with E-state index in [-0.39, 0.29) is 6.71 Å². The number of hydrogen-bond donors (Lipinski definition) is 0. The topological polar surface area (TPSA) is 6.48 Å². The van der Waals surface area contributed by atoms with Gasteiger partial charge >= 0.3 is 0 Å². The predicted octanol–water partition coefficient (Wildman–Crippen LogP) is 12.4. The van der Waals surface area contributed by atoms with Crippen molar-refractivity contribution < 1.29 is 0 Å². The third-order valence-corrected chi connectivity index (χ3v) is 12.7. The fourth-order valence-corrected chi connectivity index (χ4v) is 10.1. The van der Waals surface area contributed by atoms with Crippen molar-refractivity contribution in [2.45, 2.75) is 19.3 Å². The van der Waals surface area contributed by atoms with Crippen LogP contribution in [0.1, 0.15) is 33.4 Å². The summed E-state index contributed by atoms with van der Waals surface area (Å²) in [6.45, 7) is 4.45. The van der Waals surface area contributed by atoms with Crippen molar-refractivity contribution in [1.29, 1.82) is 0 Å². The molecule has 60 heavy (non-hydrogen) atoms. The van der Waals surface area contributed by atoms with Crippen molar-refractivity contribution >= 4 is 57.2 Å². The molecule has 0 aromatic heterocycles. The zero-order valence-electron chi connectivity index (χ0n) is 33.8. The third kappa shape index (κ3) is 5.65. The van der Waals surface area contributed by atoms with Gasteiger partial charge in [0, 0.05) is 34.1 Å². The van der Waals surface area contributed by atoms with E-state index >= 15 is 0 Å². The van der Waals surface area contributed by atoms with Crippen LogP contribution in [0.4, 0.5) is 34.1 Å². The standard InChI is InChI=1S/C57H43BN2/c1-40-18-17-27-49(36-40)60-53-37-41(2)30-35-51(53)58-50-28-15-16-29-52(50)59(54-38-43(39-55(60)56(54)58)42-19-7-3-8-20-42)48-33-31-47(32-34-48)57(44-21-9-4-10-22-44,45-23-11-5-12-24-45)46-25-13-6-14-26-46/h3-39H,1-2H3. The van der Waals surface area contributed by atoms with E-state index in [1.807, 2.05) is 0 Å². The molecular weight excluding hydrogens is 723 g/mol. The van der Waals surface area contributed by atoms with Crippen LogP contribution in [0, 0.1) is 13.8 Å². The van der Waals surface area contributed by atoms with E-state index in [2.05, 4.69) is 248 Å². The Hall–Kier alpha value is -7.36. The molecular formula is C57H43BN2. The van der Waals surface area contributed by atoms with Crippen LogP contribution in [0.15, 0.2) is 224 Å². The average Bonchev–Trinajstić information content (AvgIpc) is 3.30. The summed E-state index contributed by atoms with van der Waals surface area (Å²) in [5, 5.41) is 0. The van der Waals surface area contributed by atoms with E-state index in [0.29, 0.717) is 0 Å². The molecule has 0 amide bonds. The van der Waals surface area contributed by atoms with Crippen molar-refractivity contribution in [1.82, 2.24) is 0 Å². The van der Waals surface area contributed by atoms with Gasteiger partial charge in [0.1, 0.15) is 0 Å². The summed E-state index contributed by atoms with van der Waals surface area (Å²) in [4.78, 5) is 5.03. The summed E-state index contributed by atoms with van der Waals surface area (Å²) in [6, 6.07) is 83.1. The molecule has 0 unspecified atom stereocenters. The highest BCUT2D eigenvalue weighted by Crippen LogP contribution is 2.49. The minimum atomic E-state index is -0.532. The molecule has 11 rings (SSSR count). The number of aryl methyl sites for hydroxylation is 2. The molecule has 2 aliphatic rings. The summed E-state index contributed by atoms with van der Waals surface area (Å²) in [7, 11) is 0. The third-order valence-electron chi connectivity index (χ3n) is 12.7. The van der Waals surface area contributed by atoms with E-state index in [1.165, 1.54) is 89.3 Å². The van der Waals surface area contributed by atoms with Crippen LogP contribution in [-0.4, -0.2) is 6.71 Å². The largest absolute Gasteiger partial charge is 0.311 e. The lowest BCUT2D eigenvalue weighted by atomic mass is 9.33. The van der Waals surface area contributed by atoms with Crippen molar-refractivity contribution in [3.63, 3.8) is 0 Å². The minimum Gasteiger partial charge on any atom is -0.311 e. The summed E-state index contributed by atoms with van der Waals surface area (Å²) in [5.41, 5.74) is 20.4. The van der Waals surface area contributed by atoms with Crippen molar-refractivity contribution in [2.75, 3.05) is 9.80 Å². The molecule has 0 N–H and O–H groups in total. The van der Waals surface area contributed by atoms with Crippen molar-refractivity contribution in [3.05, 3.63) is 258 Å². The second-order valence-corrected chi connectivity index (χ2v) is 16.3. The van der Waals surface area contributed by atoms with Gasteiger partial charge in [-0.2, -0.15) is 0 Å². The molecule has 0 fully saturated rings. The van der Waals surface area contributed by atoms with Gasteiger partial charge < -0.3 is 9.80 Å². The Bertz CT molecular complexity index is 2900. The molecule has 9 aromatic rings. The normalized spacial score (nSPS) is 12.7. The minimum absolute atomic E-state index is 0.0603. The maximum absolute atomic E-state index is 2.52. The lowest BCUT2D eigenvalue weighted by Gasteiger charge is -2.44. The molecule has 3 heteroatoms.